The van der Waals surface area contributed by atoms with Gasteiger partial charge in [-0.05, 0) is 42.5 Å². The maximum atomic E-state index is 12.6. The van der Waals surface area contributed by atoms with Gasteiger partial charge in [-0.2, -0.15) is 11.1 Å². The third-order valence-corrected chi connectivity index (χ3v) is 4.77. The molecule has 0 atom stereocenters. The van der Waals surface area contributed by atoms with Crippen molar-refractivity contribution in [3.63, 3.8) is 0 Å². The third-order valence-electron chi connectivity index (χ3n) is 4.77. The van der Waals surface area contributed by atoms with Crippen LogP contribution >= 0.6 is 0 Å². The summed E-state index contributed by atoms with van der Waals surface area (Å²) >= 11 is 0. The highest BCUT2D eigenvalue weighted by Crippen LogP contribution is 2.23. The quantitative estimate of drug-likeness (QED) is 0.508. The molecule has 0 fully saturated rings. The maximum absolute atomic E-state index is 12.6. The summed E-state index contributed by atoms with van der Waals surface area (Å²) in [6, 6.07) is 11.1. The van der Waals surface area contributed by atoms with E-state index in [1.807, 2.05) is 27.8 Å². The van der Waals surface area contributed by atoms with E-state index in [9.17, 15) is 9.70 Å². The van der Waals surface area contributed by atoms with E-state index in [1.54, 1.807) is 18.2 Å². The number of hydrogen-bond donors (Lipinski definition) is 1. The number of rotatable bonds is 5. The van der Waals surface area contributed by atoms with Crippen molar-refractivity contribution in [2.45, 2.75) is 38.8 Å². The van der Waals surface area contributed by atoms with Crippen molar-refractivity contribution in [2.24, 2.45) is 5.84 Å². The number of hydrogen-bond acceptors (Lipinski definition) is 3. The van der Waals surface area contributed by atoms with Crippen LogP contribution in [0.1, 0.15) is 36.1 Å². The lowest BCUT2D eigenvalue weighted by Gasteiger charge is -2.21. The first-order valence-electron chi connectivity index (χ1n) is 8.75. The van der Waals surface area contributed by atoms with Crippen molar-refractivity contribution >= 4 is 11.6 Å². The number of hydrazine groups is 1. The van der Waals surface area contributed by atoms with Crippen LogP contribution in [0.15, 0.2) is 36.5 Å². The standard InChI is InChI=1S/C19H22N5O2/c20-13-18-5-2-9-22(18)10-3-6-19(25)23-11-1-4-15-7-8-17(24(21)26)12-16(15)14-23/h2,5,7-9,12H,1,3-4,6,10-11,14H2,(H2,21,26)/q+1. The highest BCUT2D eigenvalue weighted by atomic mass is 16.3. The molecule has 1 aromatic heterocycles. The molecule has 2 heterocycles. The van der Waals surface area contributed by atoms with E-state index in [2.05, 4.69) is 6.07 Å². The minimum absolute atomic E-state index is 0.0978. The average molecular weight is 352 g/mol. The van der Waals surface area contributed by atoms with Gasteiger partial charge in [0.25, 0.3) is 5.69 Å². The largest absolute Gasteiger partial charge is 0.339 e. The number of carbonyl (C=O) groups is 1. The number of aromatic nitrogens is 1. The predicted molar refractivity (Wildman–Crippen MR) is 96.0 cm³/mol. The molecule has 7 heteroatoms. The van der Waals surface area contributed by atoms with Crippen LogP contribution in [0.5, 0.6) is 0 Å². The SMILES string of the molecule is N#Cc1cccn1CCCC(=O)N1CCCc2ccc([N+](N)=O)cc2C1. The fourth-order valence-corrected chi connectivity index (χ4v) is 3.37. The second-order valence-corrected chi connectivity index (χ2v) is 6.50. The third kappa shape index (κ3) is 3.91. The van der Waals surface area contributed by atoms with Crippen LogP contribution in [-0.2, 0) is 24.3 Å². The number of carbonyl (C=O) groups excluding carboxylic acids is 1. The average Bonchev–Trinajstić information content (AvgIpc) is 2.97. The summed E-state index contributed by atoms with van der Waals surface area (Å²) in [5.74, 6) is 5.39. The highest BCUT2D eigenvalue weighted by molar-refractivity contribution is 5.76. The van der Waals surface area contributed by atoms with Crippen molar-refractivity contribution < 1.29 is 9.66 Å². The molecule has 0 aliphatic carbocycles. The molecule has 7 nitrogen and oxygen atoms in total. The molecule has 1 aromatic carbocycles. The zero-order valence-electron chi connectivity index (χ0n) is 14.6. The molecule has 2 aromatic rings. The summed E-state index contributed by atoms with van der Waals surface area (Å²) in [6.07, 6.45) is 4.76. The van der Waals surface area contributed by atoms with Gasteiger partial charge in [-0.1, -0.05) is 6.07 Å². The minimum atomic E-state index is 0.0978. The Bertz CT molecular complexity index is 865. The Morgan fingerprint density at radius 3 is 2.92 bits per heavy atom. The van der Waals surface area contributed by atoms with Crippen LogP contribution in [0.4, 0.5) is 5.69 Å². The van der Waals surface area contributed by atoms with Gasteiger partial charge in [0, 0.05) is 44.4 Å². The summed E-state index contributed by atoms with van der Waals surface area (Å²) in [5, 5.41) is 9.02. The van der Waals surface area contributed by atoms with E-state index in [0.717, 1.165) is 24.0 Å². The van der Waals surface area contributed by atoms with Gasteiger partial charge in [-0.15, -0.1) is 0 Å². The molecular formula is C19H22N5O2+. The lowest BCUT2D eigenvalue weighted by atomic mass is 10.0. The number of amides is 1. The molecule has 3 rings (SSSR count). The Hall–Kier alpha value is -3.14. The fourth-order valence-electron chi connectivity index (χ4n) is 3.37. The van der Waals surface area contributed by atoms with Crippen LogP contribution < -0.4 is 5.84 Å². The Labute approximate surface area is 152 Å². The summed E-state index contributed by atoms with van der Waals surface area (Å²) in [5.41, 5.74) is 3.15. The molecule has 0 bridgehead atoms. The number of aryl methyl sites for hydroxylation is 2. The van der Waals surface area contributed by atoms with Crippen molar-refractivity contribution in [1.29, 1.82) is 5.26 Å². The zero-order chi connectivity index (χ0) is 18.5. The van der Waals surface area contributed by atoms with Gasteiger partial charge < -0.3 is 9.47 Å². The summed E-state index contributed by atoms with van der Waals surface area (Å²) in [7, 11) is 0. The molecule has 26 heavy (non-hydrogen) atoms. The summed E-state index contributed by atoms with van der Waals surface area (Å²) in [4.78, 5) is 26.1. The second-order valence-electron chi connectivity index (χ2n) is 6.50. The lowest BCUT2D eigenvalue weighted by molar-refractivity contribution is -0.474. The van der Waals surface area contributed by atoms with E-state index in [1.165, 1.54) is 0 Å². The first-order valence-corrected chi connectivity index (χ1v) is 8.75. The summed E-state index contributed by atoms with van der Waals surface area (Å²) < 4.78 is 1.86. The molecule has 2 N–H and O–H groups in total. The van der Waals surface area contributed by atoms with Gasteiger partial charge in [-0.3, -0.25) is 4.79 Å². The number of benzene rings is 1. The normalized spacial score (nSPS) is 13.6. The van der Waals surface area contributed by atoms with Crippen LogP contribution in [-0.4, -0.2) is 26.8 Å². The molecule has 0 saturated heterocycles. The first kappa shape index (κ1) is 17.7. The molecular weight excluding hydrogens is 330 g/mol. The lowest BCUT2D eigenvalue weighted by Crippen LogP contribution is -2.30. The van der Waals surface area contributed by atoms with Gasteiger partial charge in [-0.25, -0.2) is 0 Å². The first-order chi connectivity index (χ1) is 12.6. The van der Waals surface area contributed by atoms with Crippen LogP contribution in [0.2, 0.25) is 0 Å². The second kappa shape index (κ2) is 7.83. The molecule has 0 spiro atoms. The number of nitroso groups, excluding NO2 is 1. The number of nitrogens with zero attached hydrogens (tertiary/aromatic N) is 4. The number of nitrogens with two attached hydrogens (primary N) is 1. The van der Waals surface area contributed by atoms with Gasteiger partial charge in [0.2, 0.25) is 5.91 Å². The Morgan fingerprint density at radius 2 is 2.15 bits per heavy atom. The molecule has 1 amide bonds. The Balaban J connectivity index is 1.62. The van der Waals surface area contributed by atoms with Crippen molar-refractivity contribution in [2.75, 3.05) is 6.54 Å². The number of fused-ring (bicyclic) bond motifs is 1. The van der Waals surface area contributed by atoms with E-state index in [4.69, 9.17) is 11.1 Å². The minimum Gasteiger partial charge on any atom is -0.339 e. The van der Waals surface area contributed by atoms with Gasteiger partial charge >= 0.3 is 0 Å². The van der Waals surface area contributed by atoms with E-state index in [-0.39, 0.29) is 5.91 Å². The predicted octanol–water partition coefficient (Wildman–Crippen LogP) is 2.40. The van der Waals surface area contributed by atoms with Crippen molar-refractivity contribution in [3.8, 4) is 6.07 Å². The van der Waals surface area contributed by atoms with Crippen LogP contribution in [0, 0.1) is 16.2 Å². The van der Waals surface area contributed by atoms with E-state index < -0.39 is 0 Å². The highest BCUT2D eigenvalue weighted by Gasteiger charge is 2.21. The summed E-state index contributed by atoms with van der Waals surface area (Å²) in [6.45, 7) is 1.86. The molecule has 1 aliphatic rings. The van der Waals surface area contributed by atoms with Gasteiger partial charge in [0.15, 0.2) is 4.87 Å². The zero-order valence-corrected chi connectivity index (χ0v) is 14.6. The fraction of sp³-hybridized carbons (Fsp3) is 0.368. The van der Waals surface area contributed by atoms with E-state index >= 15 is 0 Å². The van der Waals surface area contributed by atoms with E-state index in [0.29, 0.717) is 48.7 Å². The molecule has 0 unspecified atom stereocenters. The maximum Gasteiger partial charge on any atom is 0.292 e. The Kier molecular flexibility index (Phi) is 5.32. The van der Waals surface area contributed by atoms with Crippen LogP contribution in [0.25, 0.3) is 0 Å². The van der Waals surface area contributed by atoms with Gasteiger partial charge in [0.05, 0.1) is 4.91 Å². The molecule has 0 radical (unpaired) electrons. The molecule has 134 valence electrons. The molecule has 1 aliphatic heterocycles. The number of nitriles is 1. The van der Waals surface area contributed by atoms with Gasteiger partial charge in [0.1, 0.15) is 11.8 Å². The van der Waals surface area contributed by atoms with Crippen molar-refractivity contribution in [1.82, 2.24) is 9.47 Å². The van der Waals surface area contributed by atoms with Crippen molar-refractivity contribution in [3.05, 3.63) is 58.3 Å². The monoisotopic (exact) mass is 352 g/mol. The van der Waals surface area contributed by atoms with Crippen LogP contribution in [0.3, 0.4) is 0 Å². The topological polar surface area (TPSA) is 95.1 Å². The smallest absolute Gasteiger partial charge is 0.292 e. The molecule has 0 saturated carbocycles. The Morgan fingerprint density at radius 1 is 1.31 bits per heavy atom.